The summed E-state index contributed by atoms with van der Waals surface area (Å²) in [5.74, 6) is 0. The molecule has 0 aromatic rings. The standard InChI is InChI=1S/C12H23NO9/c14-1-4-7(17)11(5(2-15)13-4)22-12-10(20)9(19)8(18)6(3-16)21-12/h4-20H,1-3H2. The van der Waals surface area contributed by atoms with Crippen molar-refractivity contribution < 1.29 is 45.2 Å². The van der Waals surface area contributed by atoms with Crippen LogP contribution in [0.25, 0.3) is 0 Å². The van der Waals surface area contributed by atoms with Crippen molar-refractivity contribution in [1.29, 1.82) is 0 Å². The molecule has 0 amide bonds. The molecule has 8 N–H and O–H groups in total. The van der Waals surface area contributed by atoms with Crippen LogP contribution >= 0.6 is 0 Å². The number of aliphatic hydroxyl groups excluding tert-OH is 7. The molecule has 0 aromatic carbocycles. The molecule has 0 aliphatic carbocycles. The fraction of sp³-hybridized carbons (Fsp3) is 1.00. The first kappa shape index (κ1) is 17.9. The third-order valence-corrected chi connectivity index (χ3v) is 4.11. The molecule has 2 saturated heterocycles. The van der Waals surface area contributed by atoms with Crippen LogP contribution in [0.15, 0.2) is 0 Å². The molecule has 22 heavy (non-hydrogen) atoms. The van der Waals surface area contributed by atoms with Gasteiger partial charge in [0.25, 0.3) is 0 Å². The molecule has 130 valence electrons. The molecule has 9 unspecified atom stereocenters. The minimum atomic E-state index is -1.60. The first-order chi connectivity index (χ1) is 10.4. The molecule has 10 heteroatoms. The second-order valence-electron chi connectivity index (χ2n) is 5.53. The minimum Gasteiger partial charge on any atom is -0.395 e. The molecule has 2 heterocycles. The van der Waals surface area contributed by atoms with Gasteiger partial charge in [0, 0.05) is 0 Å². The third kappa shape index (κ3) is 3.26. The molecule has 2 rings (SSSR count). The van der Waals surface area contributed by atoms with Crippen molar-refractivity contribution in [3.8, 4) is 0 Å². The van der Waals surface area contributed by atoms with Gasteiger partial charge in [-0.2, -0.15) is 0 Å². The maximum atomic E-state index is 10.1. The van der Waals surface area contributed by atoms with E-state index in [0.29, 0.717) is 0 Å². The fourth-order valence-electron chi connectivity index (χ4n) is 2.76. The lowest BCUT2D eigenvalue weighted by Gasteiger charge is -2.41. The van der Waals surface area contributed by atoms with E-state index in [9.17, 15) is 25.5 Å². The Kier molecular flexibility index (Phi) is 6.07. The summed E-state index contributed by atoms with van der Waals surface area (Å²) in [6.07, 6.45) is -9.43. The second-order valence-corrected chi connectivity index (χ2v) is 5.53. The number of aliphatic hydroxyl groups is 7. The van der Waals surface area contributed by atoms with Crippen LogP contribution in [0.2, 0.25) is 0 Å². The predicted molar refractivity (Wildman–Crippen MR) is 69.5 cm³/mol. The average molecular weight is 325 g/mol. The molecular weight excluding hydrogens is 302 g/mol. The predicted octanol–water partition coefficient (Wildman–Crippen LogP) is -5.14. The van der Waals surface area contributed by atoms with Gasteiger partial charge < -0.3 is 50.5 Å². The Morgan fingerprint density at radius 2 is 1.41 bits per heavy atom. The molecule has 0 radical (unpaired) electrons. The summed E-state index contributed by atoms with van der Waals surface area (Å²) in [4.78, 5) is 0. The largest absolute Gasteiger partial charge is 0.395 e. The van der Waals surface area contributed by atoms with E-state index in [1.807, 2.05) is 0 Å². The quantitative estimate of drug-likeness (QED) is 0.244. The first-order valence-corrected chi connectivity index (χ1v) is 7.06. The van der Waals surface area contributed by atoms with Gasteiger partial charge in [0.1, 0.15) is 30.5 Å². The Morgan fingerprint density at radius 3 is 1.95 bits per heavy atom. The van der Waals surface area contributed by atoms with E-state index < -0.39 is 68.2 Å². The molecule has 0 bridgehead atoms. The fourth-order valence-corrected chi connectivity index (χ4v) is 2.76. The lowest BCUT2D eigenvalue weighted by Crippen LogP contribution is -2.60. The second kappa shape index (κ2) is 7.45. The van der Waals surface area contributed by atoms with Gasteiger partial charge in [0.2, 0.25) is 0 Å². The number of ether oxygens (including phenoxy) is 2. The molecule has 0 aromatic heterocycles. The summed E-state index contributed by atoms with van der Waals surface area (Å²) in [7, 11) is 0. The number of rotatable bonds is 5. The summed E-state index contributed by atoms with van der Waals surface area (Å²) in [6, 6.07) is -1.42. The maximum absolute atomic E-state index is 10.1. The summed E-state index contributed by atoms with van der Waals surface area (Å²) in [6.45, 7) is -1.37. The average Bonchev–Trinajstić information content (AvgIpc) is 2.83. The smallest absolute Gasteiger partial charge is 0.187 e. The van der Waals surface area contributed by atoms with E-state index in [1.54, 1.807) is 0 Å². The maximum Gasteiger partial charge on any atom is 0.187 e. The van der Waals surface area contributed by atoms with Gasteiger partial charge in [-0.05, 0) is 0 Å². The normalized spacial score (nSPS) is 49.5. The number of hydrogen-bond donors (Lipinski definition) is 8. The van der Waals surface area contributed by atoms with Crippen molar-refractivity contribution >= 4 is 0 Å². The summed E-state index contributed by atoms with van der Waals surface area (Å²) in [5.41, 5.74) is 0. The van der Waals surface area contributed by atoms with Crippen LogP contribution in [-0.2, 0) is 9.47 Å². The van der Waals surface area contributed by atoms with Gasteiger partial charge in [-0.3, -0.25) is 0 Å². The third-order valence-electron chi connectivity index (χ3n) is 4.11. The Bertz CT molecular complexity index is 355. The summed E-state index contributed by atoms with van der Waals surface area (Å²) in [5, 5.41) is 69.6. The van der Waals surface area contributed by atoms with Crippen LogP contribution in [0.1, 0.15) is 0 Å². The molecule has 2 aliphatic rings. The van der Waals surface area contributed by atoms with E-state index >= 15 is 0 Å². The minimum absolute atomic E-state index is 0.383. The molecule has 2 fully saturated rings. The molecule has 0 spiro atoms. The van der Waals surface area contributed by atoms with Crippen LogP contribution in [-0.4, -0.2) is 111 Å². The van der Waals surface area contributed by atoms with Gasteiger partial charge in [-0.15, -0.1) is 0 Å². The van der Waals surface area contributed by atoms with E-state index in [2.05, 4.69) is 5.32 Å². The van der Waals surface area contributed by atoms with Crippen molar-refractivity contribution in [1.82, 2.24) is 5.32 Å². The lowest BCUT2D eigenvalue weighted by atomic mass is 9.99. The van der Waals surface area contributed by atoms with Gasteiger partial charge in [-0.1, -0.05) is 0 Å². The van der Waals surface area contributed by atoms with Crippen LogP contribution < -0.4 is 5.32 Å². The molecular formula is C12H23NO9. The number of hydrogen-bond acceptors (Lipinski definition) is 10. The molecule has 10 nitrogen and oxygen atoms in total. The van der Waals surface area contributed by atoms with Crippen LogP contribution in [0, 0.1) is 0 Å². The van der Waals surface area contributed by atoms with Gasteiger partial charge in [-0.25, -0.2) is 0 Å². The highest BCUT2D eigenvalue weighted by Crippen LogP contribution is 2.26. The van der Waals surface area contributed by atoms with E-state index in [4.69, 9.17) is 19.7 Å². The van der Waals surface area contributed by atoms with Gasteiger partial charge >= 0.3 is 0 Å². The summed E-state index contributed by atoms with van der Waals surface area (Å²) >= 11 is 0. The topological polar surface area (TPSA) is 172 Å². The van der Waals surface area contributed by atoms with Crippen LogP contribution in [0.3, 0.4) is 0 Å². The van der Waals surface area contributed by atoms with Crippen LogP contribution in [0.5, 0.6) is 0 Å². The SMILES string of the molecule is OCC1NC(CO)C(OC2OC(CO)C(O)C(O)C2O)C1O. The first-order valence-electron chi connectivity index (χ1n) is 7.06. The van der Waals surface area contributed by atoms with E-state index in [0.717, 1.165) is 0 Å². The lowest BCUT2D eigenvalue weighted by molar-refractivity contribution is -0.316. The van der Waals surface area contributed by atoms with Gasteiger partial charge in [0.05, 0.1) is 38.0 Å². The zero-order chi connectivity index (χ0) is 16.4. The van der Waals surface area contributed by atoms with Gasteiger partial charge in [0.15, 0.2) is 6.29 Å². The van der Waals surface area contributed by atoms with E-state index in [1.165, 1.54) is 0 Å². The van der Waals surface area contributed by atoms with Crippen LogP contribution in [0.4, 0.5) is 0 Å². The van der Waals surface area contributed by atoms with Crippen molar-refractivity contribution in [2.75, 3.05) is 19.8 Å². The molecule has 9 atom stereocenters. The highest BCUT2D eigenvalue weighted by atomic mass is 16.7. The van der Waals surface area contributed by atoms with Crippen molar-refractivity contribution in [3.05, 3.63) is 0 Å². The Morgan fingerprint density at radius 1 is 0.773 bits per heavy atom. The highest BCUT2D eigenvalue weighted by Gasteiger charge is 2.49. The Labute approximate surface area is 126 Å². The van der Waals surface area contributed by atoms with Crippen molar-refractivity contribution in [2.24, 2.45) is 0 Å². The number of nitrogens with one attached hydrogen (secondary N) is 1. The van der Waals surface area contributed by atoms with Crippen molar-refractivity contribution in [2.45, 2.75) is 55.0 Å². The zero-order valence-electron chi connectivity index (χ0n) is 11.8. The van der Waals surface area contributed by atoms with Crippen molar-refractivity contribution in [3.63, 3.8) is 0 Å². The summed E-state index contributed by atoms with van der Waals surface area (Å²) < 4.78 is 10.6. The molecule has 2 aliphatic heterocycles. The Hall–Kier alpha value is -0.400. The van der Waals surface area contributed by atoms with E-state index in [-0.39, 0.29) is 6.61 Å². The highest BCUT2D eigenvalue weighted by molar-refractivity contribution is 5.00. The zero-order valence-corrected chi connectivity index (χ0v) is 11.8. The Balaban J connectivity index is 2.07. The monoisotopic (exact) mass is 325 g/mol. The molecule has 0 saturated carbocycles.